The Balaban J connectivity index is 1.86. The molecule has 2 heterocycles. The van der Waals surface area contributed by atoms with E-state index in [-0.39, 0.29) is 22.9 Å². The molecule has 1 fully saturated rings. The molecule has 2 N–H and O–H groups in total. The van der Waals surface area contributed by atoms with Gasteiger partial charge in [0.25, 0.3) is 0 Å². The Labute approximate surface area is 177 Å². The van der Waals surface area contributed by atoms with Crippen LogP contribution in [0.5, 0.6) is 11.5 Å². The van der Waals surface area contributed by atoms with Gasteiger partial charge in [-0.2, -0.15) is 0 Å². The lowest BCUT2D eigenvalue weighted by molar-refractivity contribution is 0.163. The summed E-state index contributed by atoms with van der Waals surface area (Å²) in [6.07, 6.45) is 1.89. The predicted octanol–water partition coefficient (Wildman–Crippen LogP) is 5.02. The second kappa shape index (κ2) is 7.47. The lowest BCUT2D eigenvalue weighted by Crippen LogP contribution is -2.59. The molecular formula is C25H30N2O3. The number of methoxy groups -OCH3 is 1. The zero-order valence-electron chi connectivity index (χ0n) is 18.3. The average molecular weight is 407 g/mol. The van der Waals surface area contributed by atoms with Crippen LogP contribution in [0.1, 0.15) is 40.5 Å². The number of phenols is 1. The van der Waals surface area contributed by atoms with E-state index in [1.807, 2.05) is 30.3 Å². The van der Waals surface area contributed by atoms with E-state index in [4.69, 9.17) is 14.1 Å². The largest absolute Gasteiger partial charge is 0.508 e. The number of hydrogen-bond donors (Lipinski definition) is 2. The Morgan fingerprint density at radius 3 is 2.30 bits per heavy atom. The van der Waals surface area contributed by atoms with Crippen molar-refractivity contribution < 1.29 is 14.3 Å². The summed E-state index contributed by atoms with van der Waals surface area (Å²) >= 11 is 0. The third-order valence-corrected chi connectivity index (χ3v) is 5.59. The third kappa shape index (κ3) is 4.36. The van der Waals surface area contributed by atoms with E-state index in [1.54, 1.807) is 25.3 Å². The first-order chi connectivity index (χ1) is 14.1. The first-order valence-corrected chi connectivity index (χ1v) is 10.4. The lowest BCUT2D eigenvalue weighted by atomic mass is 9.80. The van der Waals surface area contributed by atoms with Crippen LogP contribution in [0.2, 0.25) is 0 Å². The Kier molecular flexibility index (Phi) is 5.10. The third-order valence-electron chi connectivity index (χ3n) is 5.59. The summed E-state index contributed by atoms with van der Waals surface area (Å²) < 4.78 is 11.4. The lowest BCUT2D eigenvalue weighted by Gasteiger charge is -2.45. The van der Waals surface area contributed by atoms with Crippen molar-refractivity contribution in [3.05, 3.63) is 53.9 Å². The molecule has 1 aliphatic rings. The van der Waals surface area contributed by atoms with Crippen molar-refractivity contribution in [3.8, 4) is 22.8 Å². The molecule has 30 heavy (non-hydrogen) atoms. The van der Waals surface area contributed by atoms with Crippen molar-refractivity contribution in [2.24, 2.45) is 4.99 Å². The molecule has 0 atom stereocenters. The van der Waals surface area contributed by atoms with E-state index < -0.39 is 0 Å². The van der Waals surface area contributed by atoms with Gasteiger partial charge in [-0.15, -0.1) is 0 Å². The zero-order chi connectivity index (χ0) is 21.5. The maximum atomic E-state index is 10.1. The van der Waals surface area contributed by atoms with Crippen molar-refractivity contribution >= 4 is 11.0 Å². The molecule has 2 aromatic carbocycles. The fourth-order valence-corrected chi connectivity index (χ4v) is 4.72. The van der Waals surface area contributed by atoms with Gasteiger partial charge in [0.1, 0.15) is 22.8 Å². The van der Waals surface area contributed by atoms with Gasteiger partial charge in [-0.3, -0.25) is 4.99 Å². The molecule has 0 amide bonds. The minimum absolute atomic E-state index is 0.00578. The van der Waals surface area contributed by atoms with Crippen molar-refractivity contribution in [1.29, 1.82) is 0 Å². The summed E-state index contributed by atoms with van der Waals surface area (Å²) in [5.41, 5.74) is 1.66. The Morgan fingerprint density at radius 2 is 1.67 bits per heavy atom. The van der Waals surface area contributed by atoms with Gasteiger partial charge in [0.2, 0.25) is 0 Å². The molecule has 0 radical (unpaired) electrons. The van der Waals surface area contributed by atoms with Gasteiger partial charge >= 0.3 is 0 Å². The monoisotopic (exact) mass is 406 g/mol. The number of benzene rings is 2. The molecule has 158 valence electrons. The van der Waals surface area contributed by atoms with E-state index in [0.717, 1.165) is 40.7 Å². The average Bonchev–Trinajstić information content (AvgIpc) is 2.66. The van der Waals surface area contributed by atoms with Crippen LogP contribution in [-0.4, -0.2) is 29.3 Å². The quantitative estimate of drug-likeness (QED) is 0.641. The second-order valence-corrected chi connectivity index (χ2v) is 9.49. The molecule has 0 aliphatic carbocycles. The molecule has 0 bridgehead atoms. The number of phenolic OH excluding ortho intramolecular Hbond substituents is 1. The van der Waals surface area contributed by atoms with Crippen molar-refractivity contribution in [2.45, 2.75) is 57.7 Å². The zero-order valence-corrected chi connectivity index (χ0v) is 18.3. The molecule has 0 unspecified atom stereocenters. The molecule has 5 heteroatoms. The summed E-state index contributed by atoms with van der Waals surface area (Å²) in [6, 6.07) is 15.1. The number of fused-ring (bicyclic) bond motifs is 1. The van der Waals surface area contributed by atoms with Gasteiger partial charge in [0, 0.05) is 28.1 Å². The Morgan fingerprint density at radius 1 is 1.00 bits per heavy atom. The first kappa shape index (κ1) is 20.5. The highest BCUT2D eigenvalue weighted by Gasteiger charge is 2.37. The van der Waals surface area contributed by atoms with Crippen LogP contribution in [0.3, 0.4) is 0 Å². The van der Waals surface area contributed by atoms with Crippen LogP contribution in [0.4, 0.5) is 0 Å². The van der Waals surface area contributed by atoms with Gasteiger partial charge in [-0.25, -0.2) is 0 Å². The number of nitrogens with zero attached hydrogens (tertiary/aromatic N) is 1. The fraction of sp³-hybridized carbons (Fsp3) is 0.400. The van der Waals surface area contributed by atoms with Crippen molar-refractivity contribution in [1.82, 2.24) is 5.32 Å². The van der Waals surface area contributed by atoms with E-state index >= 15 is 0 Å². The van der Waals surface area contributed by atoms with Crippen molar-refractivity contribution in [2.75, 3.05) is 7.11 Å². The number of ether oxygens (including phenoxy) is 1. The van der Waals surface area contributed by atoms with Gasteiger partial charge in [0.05, 0.1) is 18.5 Å². The summed E-state index contributed by atoms with van der Waals surface area (Å²) in [5, 5.41) is 15.4. The standard InChI is InChI=1S/C25H30N2O3/c1-24(2)14-17(15-25(3,4)27-24)26-21-13-23(16-6-9-19(29-5)10-7-16)30-22-11-8-18(28)12-20(21)22/h6-13,17,27-28H,14-15H2,1-5H3. The molecule has 1 aromatic heterocycles. The first-order valence-electron chi connectivity index (χ1n) is 10.4. The molecule has 1 aliphatic heterocycles. The smallest absolute Gasteiger partial charge is 0.137 e. The van der Waals surface area contributed by atoms with E-state index in [2.05, 4.69) is 33.0 Å². The van der Waals surface area contributed by atoms with E-state index in [1.165, 1.54) is 0 Å². The van der Waals surface area contributed by atoms with Crippen LogP contribution >= 0.6 is 0 Å². The number of rotatable bonds is 3. The SMILES string of the molecule is COc1ccc(-c2cc(=NC3CC(C)(C)NC(C)(C)C3)c3cc(O)ccc3o2)cc1. The number of nitrogens with one attached hydrogen (secondary N) is 1. The second-order valence-electron chi connectivity index (χ2n) is 9.49. The van der Waals surface area contributed by atoms with E-state index in [9.17, 15) is 5.11 Å². The minimum Gasteiger partial charge on any atom is -0.508 e. The molecule has 3 aromatic rings. The fourth-order valence-electron chi connectivity index (χ4n) is 4.72. The molecular weight excluding hydrogens is 376 g/mol. The summed E-state index contributed by atoms with van der Waals surface area (Å²) in [7, 11) is 1.65. The predicted molar refractivity (Wildman–Crippen MR) is 120 cm³/mol. The molecule has 1 saturated heterocycles. The number of hydrogen-bond acceptors (Lipinski definition) is 5. The molecule has 0 saturated carbocycles. The van der Waals surface area contributed by atoms with Crippen LogP contribution in [0.15, 0.2) is 57.9 Å². The van der Waals surface area contributed by atoms with Gasteiger partial charge in [-0.05, 0) is 83.0 Å². The van der Waals surface area contributed by atoms with Gasteiger partial charge < -0.3 is 19.6 Å². The summed E-state index contributed by atoms with van der Waals surface area (Å²) in [6.45, 7) is 8.90. The minimum atomic E-state index is 0.00578. The number of aromatic hydroxyl groups is 1. The highest BCUT2D eigenvalue weighted by Crippen LogP contribution is 2.31. The van der Waals surface area contributed by atoms with Crippen molar-refractivity contribution in [3.63, 3.8) is 0 Å². The number of piperidine rings is 1. The maximum absolute atomic E-state index is 10.1. The van der Waals surface area contributed by atoms with E-state index in [0.29, 0.717) is 5.58 Å². The molecule has 4 rings (SSSR count). The Hall–Kier alpha value is -2.79. The Bertz CT molecular complexity index is 1110. The molecule has 0 spiro atoms. The van der Waals surface area contributed by atoms with Crippen LogP contribution < -0.4 is 15.4 Å². The topological polar surface area (TPSA) is 67.0 Å². The summed E-state index contributed by atoms with van der Waals surface area (Å²) in [4.78, 5) is 5.16. The van der Waals surface area contributed by atoms with Crippen LogP contribution in [-0.2, 0) is 0 Å². The summed E-state index contributed by atoms with van der Waals surface area (Å²) in [5.74, 6) is 1.74. The highest BCUT2D eigenvalue weighted by molar-refractivity contribution is 5.80. The van der Waals surface area contributed by atoms with Crippen LogP contribution in [0, 0.1) is 0 Å². The maximum Gasteiger partial charge on any atom is 0.137 e. The van der Waals surface area contributed by atoms with Gasteiger partial charge in [-0.1, -0.05) is 0 Å². The highest BCUT2D eigenvalue weighted by atomic mass is 16.5. The normalized spacial score (nSPS) is 19.2. The van der Waals surface area contributed by atoms with Gasteiger partial charge in [0.15, 0.2) is 0 Å². The molecule has 5 nitrogen and oxygen atoms in total. The van der Waals surface area contributed by atoms with Crippen LogP contribution in [0.25, 0.3) is 22.3 Å².